The highest BCUT2D eigenvalue weighted by molar-refractivity contribution is 5.83. The number of pyridine rings is 1. The van der Waals surface area contributed by atoms with Crippen LogP contribution < -0.4 is 10.3 Å². The first-order valence-corrected chi connectivity index (χ1v) is 11.8. The summed E-state index contributed by atoms with van der Waals surface area (Å²) in [5.74, 6) is 1.80. The lowest BCUT2D eigenvalue weighted by molar-refractivity contribution is 0.0739. The monoisotopic (exact) mass is 469 g/mol. The fourth-order valence-corrected chi connectivity index (χ4v) is 4.50. The van der Waals surface area contributed by atoms with Crippen LogP contribution in [0.15, 0.2) is 61.8 Å². The predicted molar refractivity (Wildman–Crippen MR) is 139 cm³/mol. The van der Waals surface area contributed by atoms with Crippen LogP contribution in [0.25, 0.3) is 5.70 Å². The molecule has 2 aliphatic rings. The zero-order valence-corrected chi connectivity index (χ0v) is 20.5. The molecule has 0 bridgehead atoms. The van der Waals surface area contributed by atoms with Crippen molar-refractivity contribution in [2.75, 3.05) is 30.5 Å². The summed E-state index contributed by atoms with van der Waals surface area (Å²) < 4.78 is 0. The van der Waals surface area contributed by atoms with Crippen molar-refractivity contribution in [3.05, 3.63) is 84.2 Å². The van der Waals surface area contributed by atoms with Crippen LogP contribution >= 0.6 is 0 Å². The van der Waals surface area contributed by atoms with Gasteiger partial charge in [0, 0.05) is 25.0 Å². The van der Waals surface area contributed by atoms with Crippen molar-refractivity contribution >= 4 is 29.0 Å². The lowest BCUT2D eigenvalue weighted by atomic mass is 9.99. The van der Waals surface area contributed by atoms with Gasteiger partial charge in [-0.15, -0.1) is 6.58 Å². The van der Waals surface area contributed by atoms with Gasteiger partial charge < -0.3 is 15.3 Å². The van der Waals surface area contributed by atoms with Gasteiger partial charge in [-0.2, -0.15) is 4.98 Å². The molecule has 0 fully saturated rings. The number of benzene rings is 1. The third kappa shape index (κ3) is 4.38. The van der Waals surface area contributed by atoms with Crippen LogP contribution in [0.3, 0.4) is 0 Å². The number of nitrogens with one attached hydrogen (secondary N) is 1. The minimum atomic E-state index is -1.07. The van der Waals surface area contributed by atoms with Crippen molar-refractivity contribution in [3.63, 3.8) is 0 Å². The van der Waals surface area contributed by atoms with Crippen molar-refractivity contribution < 1.29 is 5.11 Å². The molecular weight excluding hydrogens is 438 g/mol. The molecule has 2 N–H and O–H groups in total. The maximum Gasteiger partial charge on any atom is 0.229 e. The van der Waals surface area contributed by atoms with E-state index in [0.717, 1.165) is 36.5 Å². The first-order valence-electron chi connectivity index (χ1n) is 11.8. The van der Waals surface area contributed by atoms with Gasteiger partial charge in [-0.25, -0.2) is 15.0 Å². The molecule has 3 aromatic rings. The quantitative estimate of drug-likeness (QED) is 0.516. The first kappa shape index (κ1) is 23.0. The van der Waals surface area contributed by atoms with Crippen LogP contribution in [0, 0.1) is 0 Å². The number of rotatable bonds is 6. The summed E-state index contributed by atoms with van der Waals surface area (Å²) in [5.41, 5.74) is 4.76. The Hall–Kier alpha value is -3.75. The average molecular weight is 470 g/mol. The minimum Gasteiger partial charge on any atom is -0.384 e. The van der Waals surface area contributed by atoms with Crippen LogP contribution in [-0.4, -0.2) is 50.1 Å². The van der Waals surface area contributed by atoms with E-state index in [1.54, 1.807) is 26.1 Å². The SMILES string of the molecule is C=CCN1C(=C)c2cnc(Nc3ccc4c(c3)CCN(C)C4)nc2N1c1cccc(C(C)(C)O)n1. The van der Waals surface area contributed by atoms with E-state index >= 15 is 0 Å². The summed E-state index contributed by atoms with van der Waals surface area (Å²) in [5, 5.41) is 17.8. The van der Waals surface area contributed by atoms with E-state index in [9.17, 15) is 5.11 Å². The smallest absolute Gasteiger partial charge is 0.229 e. The van der Waals surface area contributed by atoms with E-state index < -0.39 is 5.60 Å². The molecule has 0 saturated carbocycles. The molecule has 0 atom stereocenters. The molecule has 0 amide bonds. The van der Waals surface area contributed by atoms with Gasteiger partial charge in [-0.1, -0.05) is 24.8 Å². The zero-order chi connectivity index (χ0) is 24.7. The number of aliphatic hydroxyl groups is 1. The van der Waals surface area contributed by atoms with Gasteiger partial charge in [0.25, 0.3) is 0 Å². The van der Waals surface area contributed by atoms with Gasteiger partial charge in [-0.3, -0.25) is 5.01 Å². The van der Waals surface area contributed by atoms with Crippen LogP contribution in [0.2, 0.25) is 0 Å². The molecule has 0 aliphatic carbocycles. The van der Waals surface area contributed by atoms with Gasteiger partial charge in [0.15, 0.2) is 11.6 Å². The second-order valence-corrected chi connectivity index (χ2v) is 9.60. The predicted octanol–water partition coefficient (Wildman–Crippen LogP) is 4.36. The standard InChI is InChI=1S/C27H31N7O/c1-6-13-33-18(2)22-16-28-26(29-21-11-10-20-17-32(5)14-12-19(20)15-21)31-25(22)34(33)24-9-7-8-23(30-24)27(3,4)35/h6-11,15-16,35H,1-2,12-14,17H2,3-5H3,(H,28,29,31). The molecule has 2 aliphatic heterocycles. The van der Waals surface area contributed by atoms with Crippen LogP contribution in [0.1, 0.15) is 36.2 Å². The van der Waals surface area contributed by atoms with E-state index in [-0.39, 0.29) is 0 Å². The van der Waals surface area contributed by atoms with Crippen molar-refractivity contribution in [2.45, 2.75) is 32.4 Å². The fraction of sp³-hybridized carbons (Fsp3) is 0.296. The number of aromatic nitrogens is 3. The number of hydrogen-bond acceptors (Lipinski definition) is 8. The van der Waals surface area contributed by atoms with Crippen LogP contribution in [-0.2, 0) is 18.6 Å². The molecule has 0 spiro atoms. The van der Waals surface area contributed by atoms with E-state index in [4.69, 9.17) is 9.97 Å². The lowest BCUT2D eigenvalue weighted by Gasteiger charge is -2.30. The molecule has 0 radical (unpaired) electrons. The largest absolute Gasteiger partial charge is 0.384 e. The number of fused-ring (bicyclic) bond motifs is 2. The Labute approximate surface area is 206 Å². The number of nitrogens with zero attached hydrogens (tertiary/aromatic N) is 6. The molecule has 2 aromatic heterocycles. The summed E-state index contributed by atoms with van der Waals surface area (Å²) in [6.07, 6.45) is 4.62. The molecule has 8 heteroatoms. The molecule has 1 aromatic carbocycles. The van der Waals surface area contributed by atoms with Crippen molar-refractivity contribution in [1.82, 2.24) is 24.9 Å². The van der Waals surface area contributed by atoms with Gasteiger partial charge in [-0.05, 0) is 62.7 Å². The molecule has 8 nitrogen and oxygen atoms in total. The fourth-order valence-electron chi connectivity index (χ4n) is 4.50. The lowest BCUT2D eigenvalue weighted by Crippen LogP contribution is -2.34. The number of anilines is 4. The Balaban J connectivity index is 1.51. The Kier molecular flexibility index (Phi) is 5.78. The van der Waals surface area contributed by atoms with Crippen LogP contribution in [0.4, 0.5) is 23.3 Å². The third-order valence-corrected chi connectivity index (χ3v) is 6.38. The summed E-state index contributed by atoms with van der Waals surface area (Å²) in [6.45, 7) is 14.1. The topological polar surface area (TPSA) is 80.7 Å². The average Bonchev–Trinajstić information content (AvgIpc) is 3.10. The minimum absolute atomic E-state index is 0.494. The van der Waals surface area contributed by atoms with Crippen molar-refractivity contribution in [3.8, 4) is 0 Å². The highest BCUT2D eigenvalue weighted by Crippen LogP contribution is 2.41. The second-order valence-electron chi connectivity index (χ2n) is 9.60. The summed E-state index contributed by atoms with van der Waals surface area (Å²) in [7, 11) is 2.15. The maximum atomic E-state index is 10.5. The Morgan fingerprint density at radius 2 is 2.00 bits per heavy atom. The normalized spacial score (nSPS) is 15.7. The molecule has 5 rings (SSSR count). The Morgan fingerprint density at radius 3 is 2.77 bits per heavy atom. The van der Waals surface area contributed by atoms with Gasteiger partial charge >= 0.3 is 0 Å². The maximum absolute atomic E-state index is 10.5. The molecule has 4 heterocycles. The molecule has 0 saturated heterocycles. The summed E-state index contributed by atoms with van der Waals surface area (Å²) in [4.78, 5) is 16.5. The molecule has 180 valence electrons. The van der Waals surface area contributed by atoms with Crippen molar-refractivity contribution in [1.29, 1.82) is 0 Å². The van der Waals surface area contributed by atoms with Gasteiger partial charge in [0.1, 0.15) is 5.60 Å². The Morgan fingerprint density at radius 1 is 1.17 bits per heavy atom. The first-order chi connectivity index (χ1) is 16.7. The van der Waals surface area contributed by atoms with E-state index in [0.29, 0.717) is 29.8 Å². The molecule has 35 heavy (non-hydrogen) atoms. The summed E-state index contributed by atoms with van der Waals surface area (Å²) >= 11 is 0. The molecular formula is C27H31N7O. The second kappa shape index (κ2) is 8.79. The number of hydrogen-bond donors (Lipinski definition) is 2. The zero-order valence-electron chi connectivity index (χ0n) is 20.5. The van der Waals surface area contributed by atoms with Gasteiger partial charge in [0.2, 0.25) is 5.95 Å². The van der Waals surface area contributed by atoms with Gasteiger partial charge in [0.05, 0.1) is 23.5 Å². The summed E-state index contributed by atoms with van der Waals surface area (Å²) in [6, 6.07) is 12.0. The van der Waals surface area contributed by atoms with Crippen molar-refractivity contribution in [2.24, 2.45) is 0 Å². The molecule has 0 unspecified atom stereocenters. The Bertz CT molecular complexity index is 1300. The third-order valence-electron chi connectivity index (χ3n) is 6.38. The number of hydrazine groups is 1. The van der Waals surface area contributed by atoms with E-state index in [1.165, 1.54) is 11.1 Å². The van der Waals surface area contributed by atoms with E-state index in [1.807, 2.05) is 28.2 Å². The number of likely N-dealkylation sites (N-methyl/N-ethyl adjacent to an activating group) is 1. The van der Waals surface area contributed by atoms with Crippen LogP contribution in [0.5, 0.6) is 0 Å². The highest BCUT2D eigenvalue weighted by atomic mass is 16.3. The highest BCUT2D eigenvalue weighted by Gasteiger charge is 2.34. The van der Waals surface area contributed by atoms with E-state index in [2.05, 4.69) is 53.6 Å².